The number of benzene rings is 3. The minimum absolute atomic E-state index is 0.00551. The summed E-state index contributed by atoms with van der Waals surface area (Å²) in [6, 6.07) is 20.7. The Morgan fingerprint density at radius 2 is 1.63 bits per heavy atom. The van der Waals surface area contributed by atoms with Gasteiger partial charge in [-0.25, -0.2) is 8.42 Å². The van der Waals surface area contributed by atoms with Crippen LogP contribution in [-0.2, 0) is 20.2 Å². The van der Waals surface area contributed by atoms with Crippen LogP contribution >= 0.6 is 0 Å². The first-order valence-corrected chi connectivity index (χ1v) is 14.1. The number of methoxy groups -OCH3 is 1. The molecule has 0 bridgehead atoms. The highest BCUT2D eigenvalue weighted by Crippen LogP contribution is 2.27. The van der Waals surface area contributed by atoms with Crippen molar-refractivity contribution in [2.45, 2.75) is 43.9 Å². The fourth-order valence-electron chi connectivity index (χ4n) is 4.54. The fraction of sp³-hybridized carbons (Fsp3) is 0.333. The Hall–Kier alpha value is -3.49. The largest absolute Gasteiger partial charge is 0.497 e. The van der Waals surface area contributed by atoms with E-state index in [1.807, 2.05) is 24.3 Å². The van der Waals surface area contributed by atoms with Gasteiger partial charge in [0.1, 0.15) is 5.75 Å². The summed E-state index contributed by atoms with van der Waals surface area (Å²) in [4.78, 5) is 26.4. The van der Waals surface area contributed by atoms with Crippen molar-refractivity contribution in [3.63, 3.8) is 0 Å². The number of carbonyl (C=O) groups excluding carboxylic acids is 2. The number of amides is 1. The number of nitrogens with zero attached hydrogens (tertiary/aromatic N) is 1. The molecule has 1 heterocycles. The summed E-state index contributed by atoms with van der Waals surface area (Å²) >= 11 is 0. The van der Waals surface area contributed by atoms with E-state index in [4.69, 9.17) is 4.74 Å². The van der Waals surface area contributed by atoms with Crippen LogP contribution in [0.5, 0.6) is 5.75 Å². The van der Waals surface area contributed by atoms with Crippen LogP contribution in [0.1, 0.15) is 55.1 Å². The third-order valence-corrected chi connectivity index (χ3v) is 8.74. The number of rotatable bonds is 7. The minimum Gasteiger partial charge on any atom is -0.497 e. The lowest BCUT2D eigenvalue weighted by molar-refractivity contribution is -0.120. The van der Waals surface area contributed by atoms with E-state index in [0.717, 1.165) is 5.56 Å². The van der Waals surface area contributed by atoms with Crippen molar-refractivity contribution in [3.05, 3.63) is 89.5 Å². The van der Waals surface area contributed by atoms with E-state index in [0.29, 0.717) is 42.0 Å². The zero-order valence-electron chi connectivity index (χ0n) is 22.2. The number of anilines is 1. The smallest absolute Gasteiger partial charge is 0.243 e. The lowest BCUT2D eigenvalue weighted by Crippen LogP contribution is -2.43. The van der Waals surface area contributed by atoms with Gasteiger partial charge in [0.15, 0.2) is 5.78 Å². The molecule has 1 unspecified atom stereocenters. The average molecular weight is 535 g/mol. The van der Waals surface area contributed by atoms with Gasteiger partial charge in [-0.05, 0) is 60.2 Å². The van der Waals surface area contributed by atoms with Gasteiger partial charge in [-0.2, -0.15) is 4.31 Å². The lowest BCUT2D eigenvalue weighted by atomic mass is 9.86. The molecule has 1 N–H and O–H groups in total. The second-order valence-electron chi connectivity index (χ2n) is 10.6. The minimum atomic E-state index is -3.73. The van der Waals surface area contributed by atoms with Crippen molar-refractivity contribution in [2.75, 3.05) is 25.5 Å². The maximum atomic E-state index is 13.2. The van der Waals surface area contributed by atoms with Gasteiger partial charge >= 0.3 is 0 Å². The molecular formula is C30H34N2O5S. The molecule has 0 aromatic heterocycles. The quantitative estimate of drug-likeness (QED) is 0.417. The highest BCUT2D eigenvalue weighted by Gasteiger charge is 2.33. The molecule has 3 aromatic carbocycles. The third-order valence-electron chi connectivity index (χ3n) is 6.86. The molecule has 1 aliphatic heterocycles. The molecule has 4 rings (SSSR count). The Balaban J connectivity index is 1.44. The number of ketones is 1. The Morgan fingerprint density at radius 1 is 0.947 bits per heavy atom. The van der Waals surface area contributed by atoms with Crippen LogP contribution in [0.15, 0.2) is 77.7 Å². The number of piperidine rings is 1. The third kappa shape index (κ3) is 6.14. The molecule has 7 nitrogen and oxygen atoms in total. The molecule has 38 heavy (non-hydrogen) atoms. The molecular weight excluding hydrogens is 500 g/mol. The molecule has 0 radical (unpaired) electrons. The first-order chi connectivity index (χ1) is 18.0. The van der Waals surface area contributed by atoms with Crippen LogP contribution < -0.4 is 10.1 Å². The van der Waals surface area contributed by atoms with Crippen molar-refractivity contribution < 1.29 is 22.7 Å². The summed E-state index contributed by atoms with van der Waals surface area (Å²) in [5.74, 6) is -0.321. The van der Waals surface area contributed by atoms with Gasteiger partial charge < -0.3 is 10.1 Å². The van der Waals surface area contributed by atoms with E-state index >= 15 is 0 Å². The van der Waals surface area contributed by atoms with Crippen molar-refractivity contribution >= 4 is 27.4 Å². The van der Waals surface area contributed by atoms with Crippen molar-refractivity contribution in [3.8, 4) is 5.75 Å². The maximum Gasteiger partial charge on any atom is 0.243 e. The summed E-state index contributed by atoms with van der Waals surface area (Å²) in [7, 11) is -2.21. The topological polar surface area (TPSA) is 92.8 Å². The molecule has 0 spiro atoms. The molecule has 200 valence electrons. The molecule has 1 amide bonds. The average Bonchev–Trinajstić information content (AvgIpc) is 2.92. The predicted molar refractivity (Wildman–Crippen MR) is 148 cm³/mol. The molecule has 0 aliphatic carbocycles. The predicted octanol–water partition coefficient (Wildman–Crippen LogP) is 5.26. The van der Waals surface area contributed by atoms with Crippen LogP contribution in [-0.4, -0.2) is 44.6 Å². The Morgan fingerprint density at radius 3 is 2.26 bits per heavy atom. The van der Waals surface area contributed by atoms with Crippen molar-refractivity contribution in [2.24, 2.45) is 5.92 Å². The maximum absolute atomic E-state index is 13.2. The van der Waals surface area contributed by atoms with Crippen LogP contribution in [0.3, 0.4) is 0 Å². The van der Waals surface area contributed by atoms with Crippen LogP contribution in [0.25, 0.3) is 0 Å². The van der Waals surface area contributed by atoms with E-state index in [1.165, 1.54) is 23.5 Å². The van der Waals surface area contributed by atoms with Gasteiger partial charge in [0.05, 0.1) is 17.9 Å². The van der Waals surface area contributed by atoms with Gasteiger partial charge in [-0.1, -0.05) is 57.2 Å². The summed E-state index contributed by atoms with van der Waals surface area (Å²) in [6.07, 6.45) is 1.16. The number of nitrogens with one attached hydrogen (secondary N) is 1. The van der Waals surface area contributed by atoms with E-state index in [2.05, 4.69) is 26.1 Å². The lowest BCUT2D eigenvalue weighted by Gasteiger charge is -2.31. The number of hydrogen-bond donors (Lipinski definition) is 1. The van der Waals surface area contributed by atoms with Crippen LogP contribution in [0.2, 0.25) is 0 Å². The van der Waals surface area contributed by atoms with Gasteiger partial charge in [-0.3, -0.25) is 9.59 Å². The zero-order valence-corrected chi connectivity index (χ0v) is 23.0. The molecule has 1 atom stereocenters. The number of carbonyl (C=O) groups is 2. The second kappa shape index (κ2) is 11.1. The standard InChI is InChI=1S/C30H34N2O5S/c1-30(2,3)24-12-10-21(11-13-24)28(33)22-7-5-9-25(19-22)31-29(34)23-8-6-18-32(20-23)38(35,36)27-16-14-26(37-4)15-17-27/h5,7,9-17,19,23H,6,8,18,20H2,1-4H3,(H,31,34). The highest BCUT2D eigenvalue weighted by molar-refractivity contribution is 7.89. The molecule has 3 aromatic rings. The monoisotopic (exact) mass is 534 g/mol. The SMILES string of the molecule is COc1ccc(S(=O)(=O)N2CCCC(C(=O)Nc3cccc(C(=O)c4ccc(C(C)(C)C)cc4)c3)C2)cc1. The highest BCUT2D eigenvalue weighted by atomic mass is 32.2. The van der Waals surface area contributed by atoms with Gasteiger partial charge in [0, 0.05) is 29.9 Å². The van der Waals surface area contributed by atoms with Crippen LogP contribution in [0, 0.1) is 5.92 Å². The van der Waals surface area contributed by atoms with E-state index < -0.39 is 15.9 Å². The number of hydrogen-bond acceptors (Lipinski definition) is 5. The van der Waals surface area contributed by atoms with Crippen molar-refractivity contribution in [1.82, 2.24) is 4.31 Å². The van der Waals surface area contributed by atoms with Gasteiger partial charge in [-0.15, -0.1) is 0 Å². The van der Waals surface area contributed by atoms with Crippen LogP contribution in [0.4, 0.5) is 5.69 Å². The summed E-state index contributed by atoms with van der Waals surface area (Å²) < 4.78 is 32.8. The Kier molecular flexibility index (Phi) is 8.04. The summed E-state index contributed by atoms with van der Waals surface area (Å²) in [6.45, 7) is 6.82. The second-order valence-corrected chi connectivity index (χ2v) is 12.5. The van der Waals surface area contributed by atoms with E-state index in [9.17, 15) is 18.0 Å². The van der Waals surface area contributed by atoms with Gasteiger partial charge in [0.25, 0.3) is 0 Å². The summed E-state index contributed by atoms with van der Waals surface area (Å²) in [5, 5.41) is 2.89. The first kappa shape index (κ1) is 27.5. The zero-order chi connectivity index (χ0) is 27.5. The number of sulfonamides is 1. The molecule has 0 saturated carbocycles. The normalized spacial score (nSPS) is 16.6. The van der Waals surface area contributed by atoms with E-state index in [1.54, 1.807) is 36.4 Å². The molecule has 1 saturated heterocycles. The molecule has 1 aliphatic rings. The van der Waals surface area contributed by atoms with E-state index in [-0.39, 0.29) is 28.5 Å². The number of ether oxygens (including phenoxy) is 1. The Bertz CT molecular complexity index is 1410. The molecule has 8 heteroatoms. The Labute approximate surface area is 224 Å². The van der Waals surface area contributed by atoms with Crippen molar-refractivity contribution in [1.29, 1.82) is 0 Å². The van der Waals surface area contributed by atoms with Gasteiger partial charge in [0.2, 0.25) is 15.9 Å². The molecule has 1 fully saturated rings. The first-order valence-electron chi connectivity index (χ1n) is 12.7. The fourth-order valence-corrected chi connectivity index (χ4v) is 6.07. The summed E-state index contributed by atoms with van der Waals surface area (Å²) in [5.41, 5.74) is 2.69.